The molecule has 0 aliphatic carbocycles. The Balaban J connectivity index is 2.25. The molecule has 3 heterocycles. The molecule has 0 saturated heterocycles. The Morgan fingerprint density at radius 3 is 2.79 bits per heavy atom. The van der Waals surface area contributed by atoms with Gasteiger partial charge in [-0.3, -0.25) is 0 Å². The second-order valence-electron chi connectivity index (χ2n) is 4.00. The summed E-state index contributed by atoms with van der Waals surface area (Å²) >= 11 is 0. The number of nitrogens with one attached hydrogen (secondary N) is 1. The molecule has 0 fully saturated rings. The van der Waals surface area contributed by atoms with Gasteiger partial charge in [0.15, 0.2) is 5.03 Å². The molecule has 0 radical (unpaired) electrons. The van der Waals surface area contributed by atoms with E-state index in [2.05, 4.69) is 15.0 Å². The average molecular weight is 274 g/mol. The molecule has 3 aromatic rings. The van der Waals surface area contributed by atoms with Crippen molar-refractivity contribution in [2.24, 2.45) is 5.14 Å². The summed E-state index contributed by atoms with van der Waals surface area (Å²) < 4.78 is 22.7. The van der Waals surface area contributed by atoms with Crippen LogP contribution < -0.4 is 5.14 Å². The van der Waals surface area contributed by atoms with Gasteiger partial charge >= 0.3 is 0 Å². The van der Waals surface area contributed by atoms with Gasteiger partial charge in [0.2, 0.25) is 0 Å². The average Bonchev–Trinajstić information content (AvgIpc) is 2.86. The highest BCUT2D eigenvalue weighted by atomic mass is 32.2. The van der Waals surface area contributed by atoms with Gasteiger partial charge in [0.05, 0.1) is 5.69 Å². The number of nitrogens with two attached hydrogens (primary N) is 1. The maximum atomic E-state index is 11.3. The lowest BCUT2D eigenvalue weighted by molar-refractivity contribution is 0.594. The van der Waals surface area contributed by atoms with E-state index in [4.69, 9.17) is 5.14 Å². The summed E-state index contributed by atoms with van der Waals surface area (Å²) in [5, 5.41) is 5.82. The maximum absolute atomic E-state index is 11.3. The Bertz CT molecular complexity index is 855. The minimum atomic E-state index is -3.81. The van der Waals surface area contributed by atoms with Crippen molar-refractivity contribution in [3.8, 4) is 11.3 Å². The van der Waals surface area contributed by atoms with E-state index in [-0.39, 0.29) is 5.03 Å². The van der Waals surface area contributed by atoms with Crippen LogP contribution in [0.3, 0.4) is 0 Å². The van der Waals surface area contributed by atoms with Crippen molar-refractivity contribution < 1.29 is 8.42 Å². The van der Waals surface area contributed by atoms with E-state index in [1.165, 1.54) is 6.07 Å². The predicted octanol–water partition coefficient (Wildman–Crippen LogP) is 1.27. The molecule has 0 amide bonds. The molecule has 7 heteroatoms. The van der Waals surface area contributed by atoms with Gasteiger partial charge in [-0.05, 0) is 24.3 Å². The SMILES string of the molecule is NS(=O)(=O)c1cccc(-c2ccnc3[nH]ccc23)n1. The van der Waals surface area contributed by atoms with Crippen LogP contribution in [0.25, 0.3) is 22.3 Å². The lowest BCUT2D eigenvalue weighted by Crippen LogP contribution is -2.14. The third-order valence-corrected chi connectivity index (χ3v) is 3.56. The Morgan fingerprint density at radius 2 is 2.00 bits per heavy atom. The number of pyridine rings is 2. The van der Waals surface area contributed by atoms with E-state index in [1.54, 1.807) is 30.6 Å². The molecule has 0 bridgehead atoms. The molecule has 6 nitrogen and oxygen atoms in total. The van der Waals surface area contributed by atoms with Crippen molar-refractivity contribution in [2.45, 2.75) is 5.03 Å². The van der Waals surface area contributed by atoms with Crippen LogP contribution >= 0.6 is 0 Å². The van der Waals surface area contributed by atoms with E-state index in [1.807, 2.05) is 6.07 Å². The zero-order chi connectivity index (χ0) is 13.5. The van der Waals surface area contributed by atoms with Crippen LogP contribution in [0.5, 0.6) is 0 Å². The fourth-order valence-electron chi connectivity index (χ4n) is 1.91. The summed E-state index contributed by atoms with van der Waals surface area (Å²) in [6, 6.07) is 8.36. The van der Waals surface area contributed by atoms with Crippen LogP contribution in [0, 0.1) is 0 Å². The van der Waals surface area contributed by atoms with Gasteiger partial charge in [-0.2, -0.15) is 0 Å². The number of H-pyrrole nitrogens is 1. The Labute approximate surface area is 109 Å². The lowest BCUT2D eigenvalue weighted by Gasteiger charge is -2.04. The summed E-state index contributed by atoms with van der Waals surface area (Å²) in [7, 11) is -3.81. The van der Waals surface area contributed by atoms with Crippen LogP contribution in [0.2, 0.25) is 0 Å². The Morgan fingerprint density at radius 1 is 1.16 bits per heavy atom. The summed E-state index contributed by atoms with van der Waals surface area (Å²) in [6.45, 7) is 0. The zero-order valence-corrected chi connectivity index (χ0v) is 10.6. The van der Waals surface area contributed by atoms with Crippen molar-refractivity contribution in [3.05, 3.63) is 42.7 Å². The van der Waals surface area contributed by atoms with Gasteiger partial charge in [0, 0.05) is 23.3 Å². The van der Waals surface area contributed by atoms with E-state index < -0.39 is 10.0 Å². The molecule has 3 rings (SSSR count). The summed E-state index contributed by atoms with van der Waals surface area (Å²) in [4.78, 5) is 11.3. The molecule has 0 unspecified atom stereocenters. The first-order valence-corrected chi connectivity index (χ1v) is 7.03. The summed E-state index contributed by atoms with van der Waals surface area (Å²) in [5.74, 6) is 0. The number of primary sulfonamides is 1. The van der Waals surface area contributed by atoms with Gasteiger partial charge in [-0.15, -0.1) is 0 Å². The topological polar surface area (TPSA) is 102 Å². The highest BCUT2D eigenvalue weighted by Crippen LogP contribution is 2.25. The number of aromatic amines is 1. The van der Waals surface area contributed by atoms with Gasteiger partial charge in [0.25, 0.3) is 10.0 Å². The molecule has 0 saturated carbocycles. The molecule has 0 spiro atoms. The zero-order valence-electron chi connectivity index (χ0n) is 9.74. The summed E-state index contributed by atoms with van der Waals surface area (Å²) in [6.07, 6.45) is 3.41. The molecule has 3 N–H and O–H groups in total. The fourth-order valence-corrected chi connectivity index (χ4v) is 2.40. The Kier molecular flexibility index (Phi) is 2.58. The highest BCUT2D eigenvalue weighted by molar-refractivity contribution is 7.89. The molecular weight excluding hydrogens is 264 g/mol. The van der Waals surface area contributed by atoms with Crippen molar-refractivity contribution in [3.63, 3.8) is 0 Å². The molecule has 3 aromatic heterocycles. The second kappa shape index (κ2) is 4.15. The van der Waals surface area contributed by atoms with Crippen molar-refractivity contribution in [1.82, 2.24) is 15.0 Å². The van der Waals surface area contributed by atoms with Crippen LogP contribution in [0.15, 0.2) is 47.8 Å². The minimum Gasteiger partial charge on any atom is -0.346 e. The quantitative estimate of drug-likeness (QED) is 0.734. The normalized spacial score (nSPS) is 11.8. The Hall–Kier alpha value is -2.25. The summed E-state index contributed by atoms with van der Waals surface area (Å²) in [5.41, 5.74) is 2.07. The number of fused-ring (bicyclic) bond motifs is 1. The number of hydrogen-bond donors (Lipinski definition) is 2. The second-order valence-corrected chi connectivity index (χ2v) is 5.51. The van der Waals surface area contributed by atoms with Crippen LogP contribution in [-0.4, -0.2) is 23.4 Å². The van der Waals surface area contributed by atoms with E-state index >= 15 is 0 Å². The largest absolute Gasteiger partial charge is 0.346 e. The van der Waals surface area contributed by atoms with E-state index in [0.29, 0.717) is 5.69 Å². The molecule has 19 heavy (non-hydrogen) atoms. The van der Waals surface area contributed by atoms with Crippen LogP contribution in [-0.2, 0) is 10.0 Å². The number of rotatable bonds is 2. The number of hydrogen-bond acceptors (Lipinski definition) is 4. The molecule has 0 aromatic carbocycles. The van der Waals surface area contributed by atoms with E-state index in [0.717, 1.165) is 16.6 Å². The van der Waals surface area contributed by atoms with Gasteiger partial charge in [-0.25, -0.2) is 23.5 Å². The first-order chi connectivity index (χ1) is 9.05. The third kappa shape index (κ3) is 2.09. The third-order valence-electron chi connectivity index (χ3n) is 2.75. The van der Waals surface area contributed by atoms with Gasteiger partial charge < -0.3 is 4.98 Å². The lowest BCUT2D eigenvalue weighted by atomic mass is 10.1. The molecular formula is C12H10N4O2S. The minimum absolute atomic E-state index is 0.148. The molecule has 96 valence electrons. The maximum Gasteiger partial charge on any atom is 0.255 e. The van der Waals surface area contributed by atoms with Crippen LogP contribution in [0.1, 0.15) is 0 Å². The standard InChI is InChI=1S/C12H10N4O2S/c13-19(17,18)11-3-1-2-10(16-11)8-4-6-14-12-9(8)5-7-15-12/h1-7H,(H,14,15)(H2,13,17,18). The molecule has 0 aliphatic rings. The van der Waals surface area contributed by atoms with Gasteiger partial charge in [0.1, 0.15) is 5.65 Å². The molecule has 0 aliphatic heterocycles. The number of nitrogens with zero attached hydrogens (tertiary/aromatic N) is 2. The predicted molar refractivity (Wildman–Crippen MR) is 70.7 cm³/mol. The van der Waals surface area contributed by atoms with E-state index in [9.17, 15) is 8.42 Å². The van der Waals surface area contributed by atoms with Gasteiger partial charge in [-0.1, -0.05) is 6.07 Å². The number of aromatic nitrogens is 3. The van der Waals surface area contributed by atoms with Crippen LogP contribution in [0.4, 0.5) is 0 Å². The first kappa shape index (κ1) is 11.8. The van der Waals surface area contributed by atoms with Crippen molar-refractivity contribution in [1.29, 1.82) is 0 Å². The molecule has 0 atom stereocenters. The highest BCUT2D eigenvalue weighted by Gasteiger charge is 2.12. The monoisotopic (exact) mass is 274 g/mol. The smallest absolute Gasteiger partial charge is 0.255 e. The fraction of sp³-hybridized carbons (Fsp3) is 0. The number of sulfonamides is 1. The van der Waals surface area contributed by atoms with Crippen molar-refractivity contribution >= 4 is 21.1 Å². The first-order valence-electron chi connectivity index (χ1n) is 5.48. The van der Waals surface area contributed by atoms with Crippen molar-refractivity contribution in [2.75, 3.05) is 0 Å².